The lowest BCUT2D eigenvalue weighted by atomic mass is 10.0. The first kappa shape index (κ1) is 12.9. The zero-order valence-electron chi connectivity index (χ0n) is 11.5. The molecule has 0 amide bonds. The number of aryl methyl sites for hydroxylation is 2. The number of furan rings is 1. The monoisotopic (exact) mass is 269 g/mol. The molecule has 0 bridgehead atoms. The largest absolute Gasteiger partial charge is 0.459 e. The van der Waals surface area contributed by atoms with Gasteiger partial charge in [-0.3, -0.25) is 0 Å². The maximum atomic E-state index is 13.0. The van der Waals surface area contributed by atoms with Crippen LogP contribution in [0.1, 0.15) is 28.5 Å². The second-order valence-electron chi connectivity index (χ2n) is 5.12. The average Bonchev–Trinajstić information content (AvgIpc) is 2.75. The molecule has 1 atom stereocenters. The van der Waals surface area contributed by atoms with Crippen LogP contribution in [0.15, 0.2) is 46.9 Å². The summed E-state index contributed by atoms with van der Waals surface area (Å²) < 4.78 is 18.9. The number of rotatable bonds is 2. The fourth-order valence-electron chi connectivity index (χ4n) is 2.47. The number of halogens is 1. The van der Waals surface area contributed by atoms with Gasteiger partial charge in [-0.25, -0.2) is 4.39 Å². The highest BCUT2D eigenvalue weighted by Crippen LogP contribution is 2.31. The molecule has 0 aliphatic rings. The molecule has 2 aromatic carbocycles. The zero-order valence-corrected chi connectivity index (χ0v) is 11.5. The molecule has 2 nitrogen and oxygen atoms in total. The van der Waals surface area contributed by atoms with Crippen molar-refractivity contribution in [2.75, 3.05) is 0 Å². The second kappa shape index (κ2) is 4.76. The van der Waals surface area contributed by atoms with E-state index in [-0.39, 0.29) is 11.9 Å². The van der Waals surface area contributed by atoms with Crippen molar-refractivity contribution in [3.8, 4) is 0 Å². The summed E-state index contributed by atoms with van der Waals surface area (Å²) in [4.78, 5) is 0. The second-order valence-corrected chi connectivity index (χ2v) is 5.12. The highest BCUT2D eigenvalue weighted by Gasteiger charge is 2.18. The van der Waals surface area contributed by atoms with Crippen molar-refractivity contribution in [3.63, 3.8) is 0 Å². The summed E-state index contributed by atoms with van der Waals surface area (Å²) in [5, 5.41) is 1.07. The summed E-state index contributed by atoms with van der Waals surface area (Å²) >= 11 is 0. The number of nitrogens with two attached hydrogens (primary N) is 1. The fraction of sp³-hybridized carbons (Fsp3) is 0.176. The highest BCUT2D eigenvalue weighted by molar-refractivity contribution is 5.83. The normalized spacial score (nSPS) is 12.8. The lowest BCUT2D eigenvalue weighted by molar-refractivity contribution is 0.520. The molecule has 3 aromatic rings. The lowest BCUT2D eigenvalue weighted by Gasteiger charge is -2.10. The minimum Gasteiger partial charge on any atom is -0.459 e. The standard InChI is InChI=1S/C17H16FNO/c1-10-3-8-14-11(2)17(20-15(14)9-10)16(19)12-4-6-13(18)7-5-12/h3-9,16H,19H2,1-2H3. The first-order valence-corrected chi connectivity index (χ1v) is 6.57. The smallest absolute Gasteiger partial charge is 0.134 e. The van der Waals surface area contributed by atoms with Crippen molar-refractivity contribution in [2.24, 2.45) is 5.73 Å². The molecule has 0 radical (unpaired) electrons. The van der Waals surface area contributed by atoms with Crippen LogP contribution in [0.25, 0.3) is 11.0 Å². The predicted octanol–water partition coefficient (Wildman–Crippen LogP) is 4.24. The van der Waals surface area contributed by atoms with Crippen LogP contribution in [0.2, 0.25) is 0 Å². The summed E-state index contributed by atoms with van der Waals surface area (Å²) in [6.45, 7) is 4.02. The van der Waals surface area contributed by atoms with Crippen molar-refractivity contribution in [2.45, 2.75) is 19.9 Å². The van der Waals surface area contributed by atoms with Gasteiger partial charge in [-0.2, -0.15) is 0 Å². The van der Waals surface area contributed by atoms with Gasteiger partial charge in [0, 0.05) is 10.9 Å². The Morgan fingerprint density at radius 2 is 1.75 bits per heavy atom. The van der Waals surface area contributed by atoms with Crippen LogP contribution in [-0.4, -0.2) is 0 Å². The molecule has 0 spiro atoms. The Kier molecular flexibility index (Phi) is 3.07. The van der Waals surface area contributed by atoms with Crippen LogP contribution < -0.4 is 5.73 Å². The van der Waals surface area contributed by atoms with E-state index in [9.17, 15) is 4.39 Å². The van der Waals surface area contributed by atoms with Crippen molar-refractivity contribution >= 4 is 11.0 Å². The van der Waals surface area contributed by atoms with Gasteiger partial charge in [-0.15, -0.1) is 0 Å². The van der Waals surface area contributed by atoms with Gasteiger partial charge in [0.05, 0.1) is 6.04 Å². The molecule has 3 rings (SSSR count). The molecule has 2 N–H and O–H groups in total. The third-order valence-corrected chi connectivity index (χ3v) is 3.64. The maximum Gasteiger partial charge on any atom is 0.134 e. The number of fused-ring (bicyclic) bond motifs is 1. The van der Waals surface area contributed by atoms with Crippen LogP contribution in [0.3, 0.4) is 0 Å². The Bertz CT molecular complexity index is 759. The Morgan fingerprint density at radius 3 is 2.45 bits per heavy atom. The third kappa shape index (κ3) is 2.10. The molecule has 0 aliphatic carbocycles. The number of hydrogen-bond acceptors (Lipinski definition) is 2. The molecule has 0 saturated carbocycles. The summed E-state index contributed by atoms with van der Waals surface area (Å²) in [6, 6.07) is 11.9. The van der Waals surface area contributed by atoms with Crippen molar-refractivity contribution < 1.29 is 8.81 Å². The van der Waals surface area contributed by atoms with Gasteiger partial charge in [-0.1, -0.05) is 24.3 Å². The van der Waals surface area contributed by atoms with Gasteiger partial charge in [0.25, 0.3) is 0 Å². The van der Waals surface area contributed by atoms with E-state index in [0.29, 0.717) is 0 Å². The molecule has 1 aromatic heterocycles. The molecule has 0 aliphatic heterocycles. The van der Waals surface area contributed by atoms with E-state index in [1.807, 2.05) is 26.0 Å². The van der Waals surface area contributed by atoms with Crippen molar-refractivity contribution in [1.82, 2.24) is 0 Å². The molecule has 1 heterocycles. The van der Waals surface area contributed by atoms with Crippen LogP contribution in [0, 0.1) is 19.7 Å². The molecule has 0 fully saturated rings. The number of benzene rings is 2. The topological polar surface area (TPSA) is 39.2 Å². The van der Waals surface area contributed by atoms with E-state index < -0.39 is 0 Å². The van der Waals surface area contributed by atoms with E-state index >= 15 is 0 Å². The summed E-state index contributed by atoms with van der Waals surface area (Å²) in [6.07, 6.45) is 0. The van der Waals surface area contributed by atoms with E-state index in [1.54, 1.807) is 12.1 Å². The van der Waals surface area contributed by atoms with Crippen LogP contribution in [0.4, 0.5) is 4.39 Å². The molecule has 102 valence electrons. The maximum absolute atomic E-state index is 13.0. The fourth-order valence-corrected chi connectivity index (χ4v) is 2.47. The molecule has 3 heteroatoms. The van der Waals surface area contributed by atoms with E-state index in [4.69, 9.17) is 10.2 Å². The van der Waals surface area contributed by atoms with Gasteiger partial charge < -0.3 is 10.2 Å². The quantitative estimate of drug-likeness (QED) is 0.756. The third-order valence-electron chi connectivity index (χ3n) is 3.64. The Hall–Kier alpha value is -2.13. The van der Waals surface area contributed by atoms with E-state index in [0.717, 1.165) is 33.4 Å². The van der Waals surface area contributed by atoms with Gasteiger partial charge in [0.1, 0.15) is 17.2 Å². The van der Waals surface area contributed by atoms with Gasteiger partial charge >= 0.3 is 0 Å². The Morgan fingerprint density at radius 1 is 1.05 bits per heavy atom. The molecular weight excluding hydrogens is 253 g/mol. The van der Waals surface area contributed by atoms with Gasteiger partial charge in [0.15, 0.2) is 0 Å². The van der Waals surface area contributed by atoms with Crippen LogP contribution in [0.5, 0.6) is 0 Å². The highest BCUT2D eigenvalue weighted by atomic mass is 19.1. The first-order valence-electron chi connectivity index (χ1n) is 6.57. The van der Waals surface area contributed by atoms with Gasteiger partial charge in [-0.05, 0) is 43.2 Å². The SMILES string of the molecule is Cc1ccc2c(C)c(C(N)c3ccc(F)cc3)oc2c1. The van der Waals surface area contributed by atoms with Gasteiger partial charge in [0.2, 0.25) is 0 Å². The molecular formula is C17H16FNO. The Labute approximate surface area is 117 Å². The summed E-state index contributed by atoms with van der Waals surface area (Å²) in [7, 11) is 0. The first-order chi connectivity index (χ1) is 9.56. The lowest BCUT2D eigenvalue weighted by Crippen LogP contribution is -2.12. The summed E-state index contributed by atoms with van der Waals surface area (Å²) in [5.74, 6) is 0.468. The average molecular weight is 269 g/mol. The number of hydrogen-bond donors (Lipinski definition) is 1. The van der Waals surface area contributed by atoms with Crippen LogP contribution in [-0.2, 0) is 0 Å². The predicted molar refractivity (Wildman–Crippen MR) is 78.1 cm³/mol. The zero-order chi connectivity index (χ0) is 14.3. The Balaban J connectivity index is 2.09. The van der Waals surface area contributed by atoms with E-state index in [1.165, 1.54) is 12.1 Å². The van der Waals surface area contributed by atoms with Crippen LogP contribution >= 0.6 is 0 Å². The summed E-state index contributed by atoms with van der Waals surface area (Å²) in [5.41, 5.74) is 10.1. The molecule has 0 saturated heterocycles. The molecule has 20 heavy (non-hydrogen) atoms. The van der Waals surface area contributed by atoms with Crippen molar-refractivity contribution in [3.05, 3.63) is 70.7 Å². The van der Waals surface area contributed by atoms with Crippen molar-refractivity contribution in [1.29, 1.82) is 0 Å². The molecule has 1 unspecified atom stereocenters. The minimum atomic E-state index is -0.386. The van der Waals surface area contributed by atoms with E-state index in [2.05, 4.69) is 6.07 Å². The minimum absolute atomic E-state index is 0.266.